The molecule has 0 bridgehead atoms. The molecule has 0 aromatic rings. The van der Waals surface area contributed by atoms with Crippen LogP contribution in [0, 0.1) is 0 Å². The average Bonchev–Trinajstić information content (AvgIpc) is 1.57. The van der Waals surface area contributed by atoms with Crippen molar-refractivity contribution in [3.05, 3.63) is 0 Å². The van der Waals surface area contributed by atoms with E-state index in [1.807, 2.05) is 12.5 Å². The van der Waals surface area contributed by atoms with Crippen LogP contribution in [0.5, 0.6) is 0 Å². The molecule has 0 amide bonds. The summed E-state index contributed by atoms with van der Waals surface area (Å²) in [7, 11) is 20.2. The van der Waals surface area contributed by atoms with Gasteiger partial charge >= 0.3 is 0 Å². The number of hydrogen-bond acceptors (Lipinski definition) is 0. The lowest BCUT2D eigenvalue weighted by atomic mass is 11.0. The van der Waals surface area contributed by atoms with E-state index >= 15 is 0 Å². The Bertz CT molecular complexity index is 88.8. The van der Waals surface area contributed by atoms with Crippen molar-refractivity contribution < 1.29 is 0 Å². The molecule has 0 heterocycles. The molecule has 0 saturated heterocycles. The zero-order valence-corrected chi connectivity index (χ0v) is 10.4. The summed E-state index contributed by atoms with van der Waals surface area (Å²) in [5, 5.41) is 0. The fourth-order valence-corrected chi connectivity index (χ4v) is 4.90. The molecule has 0 aliphatic rings. The van der Waals surface area contributed by atoms with Crippen LogP contribution in [-0.2, 0) is 0 Å². The summed E-state index contributed by atoms with van der Waals surface area (Å²) in [5.41, 5.74) is 0. The van der Waals surface area contributed by atoms with Crippen LogP contribution in [0.2, 0.25) is 0 Å². The summed E-state index contributed by atoms with van der Waals surface area (Å²) in [6.07, 6.45) is 3.63. The Hall–Kier alpha value is 1.86. The number of halogens is 4. The molecule has 0 saturated carbocycles. The van der Waals surface area contributed by atoms with Gasteiger partial charge in [0.25, 0.3) is 0 Å². The van der Waals surface area contributed by atoms with Gasteiger partial charge in [0.15, 0.2) is 0 Å². The molecule has 0 N–H and O–H groups in total. The fraction of sp³-hybridized carbons (Fsp3) is 1.00. The third kappa shape index (κ3) is 9.86. The van der Waals surface area contributed by atoms with E-state index in [0.717, 1.165) is 11.5 Å². The van der Waals surface area contributed by atoms with Gasteiger partial charge in [0.05, 0.1) is 0 Å². The third-order valence-corrected chi connectivity index (χ3v) is 4.75. The van der Waals surface area contributed by atoms with Crippen molar-refractivity contribution in [2.75, 3.05) is 24.0 Å². The molecule has 0 spiro atoms. The predicted molar refractivity (Wildman–Crippen MR) is 60.2 cm³/mol. The SMILES string of the molecule is CS(Cl)(Cl)CCS(C)(Cl)Cl. The normalized spacial score (nSPS) is 17.0. The lowest BCUT2D eigenvalue weighted by molar-refractivity contribution is 1.54. The van der Waals surface area contributed by atoms with Crippen molar-refractivity contribution in [2.24, 2.45) is 0 Å². The molecule has 0 atom stereocenters. The topological polar surface area (TPSA) is 0 Å². The summed E-state index contributed by atoms with van der Waals surface area (Å²) < 4.78 is 0. The molecule has 66 valence electrons. The lowest BCUT2D eigenvalue weighted by Gasteiger charge is -2.24. The van der Waals surface area contributed by atoms with E-state index in [4.69, 9.17) is 42.7 Å². The monoisotopic (exact) mass is 262 g/mol. The Morgan fingerprint density at radius 3 is 1.10 bits per heavy atom. The fourth-order valence-electron chi connectivity index (χ4n) is 0.293. The van der Waals surface area contributed by atoms with Crippen LogP contribution in [0.15, 0.2) is 0 Å². The summed E-state index contributed by atoms with van der Waals surface area (Å²) in [4.78, 5) is 0. The number of rotatable bonds is 3. The van der Waals surface area contributed by atoms with Gasteiger partial charge in [-0.25, -0.2) is 0 Å². The van der Waals surface area contributed by atoms with Crippen LogP contribution in [0.3, 0.4) is 0 Å². The molecule has 6 heteroatoms. The summed E-state index contributed by atoms with van der Waals surface area (Å²) in [5.74, 6) is 1.43. The van der Waals surface area contributed by atoms with Crippen LogP contribution in [0.25, 0.3) is 0 Å². The highest BCUT2D eigenvalue weighted by molar-refractivity contribution is 8.68. The maximum Gasteiger partial charge on any atom is 0.0125 e. The molecule has 0 fully saturated rings. The Morgan fingerprint density at radius 2 is 1.00 bits per heavy atom. The standard InChI is InChI=1S/C4H10Cl4S2/c1-9(5,6)3-4-10(2,7)8/h3-4H2,1-2H3. The predicted octanol–water partition coefficient (Wildman–Crippen LogP) is 4.47. The minimum absolute atomic E-state index is 0.717. The van der Waals surface area contributed by atoms with E-state index in [9.17, 15) is 0 Å². The van der Waals surface area contributed by atoms with Crippen molar-refractivity contribution in [1.29, 1.82) is 0 Å². The Kier molecular flexibility index (Phi) is 4.98. The second kappa shape index (κ2) is 4.20. The maximum absolute atomic E-state index is 5.78. The quantitative estimate of drug-likeness (QED) is 0.705. The Balaban J connectivity index is 3.56. The van der Waals surface area contributed by atoms with Gasteiger partial charge in [-0.1, -0.05) is 59.6 Å². The van der Waals surface area contributed by atoms with Gasteiger partial charge in [0.1, 0.15) is 0 Å². The second-order valence-corrected chi connectivity index (χ2v) is 15.6. The minimum atomic E-state index is -1.46. The Labute approximate surface area is 83.2 Å². The van der Waals surface area contributed by atoms with Gasteiger partial charge in [-0.15, -0.1) is 0 Å². The molecule has 0 unspecified atom stereocenters. The van der Waals surface area contributed by atoms with Crippen LogP contribution in [0.1, 0.15) is 0 Å². The van der Waals surface area contributed by atoms with E-state index in [-0.39, 0.29) is 0 Å². The molecular formula is C4H10Cl4S2. The molecule has 0 nitrogen and oxygen atoms in total. The van der Waals surface area contributed by atoms with Gasteiger partial charge in [-0.3, -0.25) is 0 Å². The van der Waals surface area contributed by atoms with E-state index in [2.05, 4.69) is 0 Å². The maximum atomic E-state index is 5.78. The van der Waals surface area contributed by atoms with Crippen molar-refractivity contribution in [3.63, 3.8) is 0 Å². The zero-order valence-electron chi connectivity index (χ0n) is 5.74. The molecule has 0 aliphatic carbocycles. The van der Waals surface area contributed by atoms with Crippen molar-refractivity contribution in [1.82, 2.24) is 0 Å². The zero-order chi connectivity index (χ0) is 8.41. The summed E-state index contributed by atoms with van der Waals surface area (Å²) in [6, 6.07) is 0. The first-order chi connectivity index (χ1) is 4.21. The first kappa shape index (κ1) is 11.9. The summed E-state index contributed by atoms with van der Waals surface area (Å²) >= 11 is 0. The second-order valence-electron chi connectivity index (χ2n) is 2.16. The van der Waals surface area contributed by atoms with E-state index in [0.29, 0.717) is 0 Å². The average molecular weight is 264 g/mol. The van der Waals surface area contributed by atoms with Gasteiger partial charge in [-0.05, 0) is 12.5 Å². The third-order valence-electron chi connectivity index (χ3n) is 0.800. The molecule has 0 radical (unpaired) electrons. The van der Waals surface area contributed by atoms with Crippen molar-refractivity contribution >= 4 is 59.6 Å². The van der Waals surface area contributed by atoms with Crippen molar-refractivity contribution in [2.45, 2.75) is 0 Å². The minimum Gasteiger partial charge on any atom is -0.0864 e. The van der Waals surface area contributed by atoms with Gasteiger partial charge < -0.3 is 0 Å². The first-order valence-corrected chi connectivity index (χ1v) is 10.2. The molecular weight excluding hydrogens is 254 g/mol. The van der Waals surface area contributed by atoms with E-state index < -0.39 is 16.9 Å². The molecule has 0 rings (SSSR count). The van der Waals surface area contributed by atoms with E-state index in [1.165, 1.54) is 0 Å². The molecule has 0 aliphatic heterocycles. The van der Waals surface area contributed by atoms with Crippen LogP contribution in [-0.4, -0.2) is 24.0 Å². The van der Waals surface area contributed by atoms with E-state index in [1.54, 1.807) is 0 Å². The highest BCUT2D eigenvalue weighted by atomic mass is 36.0. The molecule has 10 heavy (non-hydrogen) atoms. The lowest BCUT2D eigenvalue weighted by Crippen LogP contribution is -1.97. The smallest absolute Gasteiger partial charge is 0.0125 e. The Morgan fingerprint density at radius 1 is 0.800 bits per heavy atom. The first-order valence-electron chi connectivity index (χ1n) is 2.51. The highest BCUT2D eigenvalue weighted by Crippen LogP contribution is 2.61. The molecule has 0 aromatic heterocycles. The molecule has 0 aromatic carbocycles. The van der Waals surface area contributed by atoms with Gasteiger partial charge in [0.2, 0.25) is 0 Å². The highest BCUT2D eigenvalue weighted by Gasteiger charge is 2.16. The van der Waals surface area contributed by atoms with Crippen molar-refractivity contribution in [3.8, 4) is 0 Å². The van der Waals surface area contributed by atoms with Gasteiger partial charge in [-0.2, -0.15) is 0 Å². The van der Waals surface area contributed by atoms with Crippen LogP contribution < -0.4 is 0 Å². The van der Waals surface area contributed by atoms with Crippen LogP contribution >= 0.6 is 59.6 Å². The van der Waals surface area contributed by atoms with Gasteiger partial charge in [0, 0.05) is 11.5 Å². The van der Waals surface area contributed by atoms with Crippen LogP contribution in [0.4, 0.5) is 0 Å². The summed E-state index contributed by atoms with van der Waals surface area (Å²) in [6.45, 7) is 0. The largest absolute Gasteiger partial charge is 0.0864 e. The number of hydrogen-bond donors (Lipinski definition) is 0.